The quantitative estimate of drug-likeness (QED) is 0.0806. The van der Waals surface area contributed by atoms with Crippen LogP contribution in [0.2, 0.25) is 0 Å². The van der Waals surface area contributed by atoms with E-state index in [4.69, 9.17) is 0 Å². The summed E-state index contributed by atoms with van der Waals surface area (Å²) in [5.41, 5.74) is 23.6. The highest BCUT2D eigenvalue weighted by atomic mass is 14.3. The second-order valence-electron chi connectivity index (χ2n) is 19.8. The third-order valence-corrected chi connectivity index (χ3v) is 15.8. The molecule has 0 aromatic heterocycles. The molecule has 0 N–H and O–H groups in total. The van der Waals surface area contributed by atoms with Crippen LogP contribution in [0.5, 0.6) is 0 Å². The van der Waals surface area contributed by atoms with Gasteiger partial charge in [-0.3, -0.25) is 0 Å². The molecule has 7 aromatic carbocycles. The summed E-state index contributed by atoms with van der Waals surface area (Å²) in [6.45, 7) is 27.9. The van der Waals surface area contributed by atoms with Crippen LogP contribution in [0.4, 0.5) is 0 Å². The van der Waals surface area contributed by atoms with Crippen molar-refractivity contribution in [3.05, 3.63) is 179 Å². The van der Waals surface area contributed by atoms with Crippen LogP contribution in [0.25, 0.3) is 66.8 Å². The Kier molecular flexibility index (Phi) is 16.1. The van der Waals surface area contributed by atoms with E-state index in [0.29, 0.717) is 35.5 Å². The molecule has 0 fully saturated rings. The first-order chi connectivity index (χ1) is 32.0. The zero-order valence-electron chi connectivity index (χ0n) is 42.6. The summed E-state index contributed by atoms with van der Waals surface area (Å²) in [5.74, 6) is 2.91. The van der Waals surface area contributed by atoms with Crippen molar-refractivity contribution >= 4 is 0 Å². The number of rotatable bonds is 18. The lowest BCUT2D eigenvalue weighted by molar-refractivity contribution is 0.733. The first kappa shape index (κ1) is 48.5. The van der Waals surface area contributed by atoms with Crippen LogP contribution in [-0.2, 0) is 0 Å². The Hall–Kier alpha value is -5.46. The van der Waals surface area contributed by atoms with Gasteiger partial charge in [0.05, 0.1) is 0 Å². The molecule has 342 valence electrons. The Morgan fingerprint density at radius 2 is 0.303 bits per heavy atom. The molecule has 0 radical (unpaired) electrons. The van der Waals surface area contributed by atoms with Crippen molar-refractivity contribution in [1.82, 2.24) is 0 Å². The number of hydrogen-bond acceptors (Lipinski definition) is 0. The van der Waals surface area contributed by atoms with E-state index in [1.807, 2.05) is 0 Å². The summed E-state index contributed by atoms with van der Waals surface area (Å²) in [7, 11) is 0. The van der Waals surface area contributed by atoms with Gasteiger partial charge in [-0.15, -0.1) is 0 Å². The predicted octanol–water partition coefficient (Wildman–Crippen LogP) is 20.8. The van der Waals surface area contributed by atoms with E-state index in [9.17, 15) is 0 Å². The summed E-state index contributed by atoms with van der Waals surface area (Å²) < 4.78 is 0. The highest BCUT2D eigenvalue weighted by molar-refractivity contribution is 6.15. The molecule has 6 atom stereocenters. The van der Waals surface area contributed by atoms with Crippen molar-refractivity contribution in [3.8, 4) is 66.8 Å². The van der Waals surface area contributed by atoms with Gasteiger partial charge in [0.15, 0.2) is 0 Å². The molecule has 7 aromatic rings. The molecule has 6 unspecified atom stereocenters. The zero-order valence-corrected chi connectivity index (χ0v) is 42.6. The van der Waals surface area contributed by atoms with Crippen LogP contribution in [0.15, 0.2) is 146 Å². The van der Waals surface area contributed by atoms with E-state index in [0.717, 1.165) is 38.5 Å². The highest BCUT2D eigenvalue weighted by Gasteiger charge is 2.30. The van der Waals surface area contributed by atoms with Crippen molar-refractivity contribution in [2.24, 2.45) is 0 Å². The Labute approximate surface area is 401 Å². The van der Waals surface area contributed by atoms with Gasteiger partial charge in [0, 0.05) is 0 Å². The molecule has 0 aliphatic carbocycles. The molecule has 7 rings (SSSR count). The summed E-state index contributed by atoms with van der Waals surface area (Å²) in [4.78, 5) is 0. The summed E-state index contributed by atoms with van der Waals surface area (Å²) in [6, 6.07) is 57.9. The first-order valence-corrected chi connectivity index (χ1v) is 25.8. The van der Waals surface area contributed by atoms with Crippen LogP contribution in [0, 0.1) is 0 Å². The monoisotopic (exact) mass is 871 g/mol. The maximum atomic E-state index is 2.43. The van der Waals surface area contributed by atoms with Crippen molar-refractivity contribution in [3.63, 3.8) is 0 Å². The Bertz CT molecular complexity index is 2120. The molecule has 0 aliphatic heterocycles. The van der Waals surface area contributed by atoms with Gasteiger partial charge in [0.1, 0.15) is 0 Å². The van der Waals surface area contributed by atoms with Crippen LogP contribution in [-0.4, -0.2) is 0 Å². The summed E-state index contributed by atoms with van der Waals surface area (Å²) in [5, 5.41) is 0. The molecule has 0 saturated heterocycles. The minimum atomic E-state index is 0.485. The van der Waals surface area contributed by atoms with Crippen LogP contribution in [0.1, 0.15) is 190 Å². The maximum Gasteiger partial charge on any atom is -0.00139 e. The van der Waals surface area contributed by atoms with Gasteiger partial charge in [0.2, 0.25) is 0 Å². The van der Waals surface area contributed by atoms with Crippen LogP contribution in [0.3, 0.4) is 0 Å². The van der Waals surface area contributed by atoms with Gasteiger partial charge >= 0.3 is 0 Å². The molecule has 0 aliphatic rings. The molecule has 66 heavy (non-hydrogen) atoms. The number of hydrogen-bond donors (Lipinski definition) is 0. The molecule has 0 saturated carbocycles. The van der Waals surface area contributed by atoms with Gasteiger partial charge in [-0.1, -0.05) is 229 Å². The minimum Gasteiger partial charge on any atom is -0.0648 e. The highest BCUT2D eigenvalue weighted by Crippen LogP contribution is 2.56. The van der Waals surface area contributed by atoms with Gasteiger partial charge in [-0.2, -0.15) is 0 Å². The van der Waals surface area contributed by atoms with E-state index in [-0.39, 0.29) is 0 Å². The fourth-order valence-electron chi connectivity index (χ4n) is 9.77. The van der Waals surface area contributed by atoms with Crippen molar-refractivity contribution in [2.75, 3.05) is 0 Å². The van der Waals surface area contributed by atoms with Crippen molar-refractivity contribution in [1.29, 1.82) is 0 Å². The zero-order chi connectivity index (χ0) is 47.1. The minimum absolute atomic E-state index is 0.485. The van der Waals surface area contributed by atoms with E-state index in [1.54, 1.807) is 0 Å². The first-order valence-electron chi connectivity index (χ1n) is 25.8. The average Bonchev–Trinajstić information content (AvgIpc) is 3.38. The summed E-state index contributed by atoms with van der Waals surface area (Å²) >= 11 is 0. The molecular formula is C66H78. The Morgan fingerprint density at radius 3 is 0.394 bits per heavy atom. The lowest BCUT2D eigenvalue weighted by Crippen LogP contribution is -2.03. The number of benzene rings is 7. The molecule has 0 heterocycles. The normalized spacial score (nSPS) is 14.4. The average molecular weight is 871 g/mol. The molecule has 0 bridgehead atoms. The fraction of sp³-hybridized carbons (Fsp3) is 0.364. The van der Waals surface area contributed by atoms with Gasteiger partial charge in [-0.05, 0) is 174 Å². The Balaban J connectivity index is 1.76. The van der Waals surface area contributed by atoms with E-state index in [2.05, 4.69) is 229 Å². The lowest BCUT2D eigenvalue weighted by atomic mass is 9.73. The van der Waals surface area contributed by atoms with Crippen LogP contribution < -0.4 is 0 Å². The van der Waals surface area contributed by atoms with Crippen molar-refractivity contribution < 1.29 is 0 Å². The van der Waals surface area contributed by atoms with Gasteiger partial charge in [-0.25, -0.2) is 0 Å². The Morgan fingerprint density at radius 1 is 0.197 bits per heavy atom. The second-order valence-corrected chi connectivity index (χ2v) is 19.8. The third kappa shape index (κ3) is 10.1. The van der Waals surface area contributed by atoms with E-state index < -0.39 is 0 Å². The SMILES string of the molecule is CCC(C)c1ccc(-c2c(-c3ccc(C(C)CC)cc3)c(-c3ccc(C(C)CC)cc3)c(-c3ccc(C(C)CC)cc3)c(-c3ccc(C(C)CC)cc3)c2-c2ccc(C(C)CC)cc2)cc1. The largest absolute Gasteiger partial charge is 0.0648 e. The fourth-order valence-corrected chi connectivity index (χ4v) is 9.77. The third-order valence-electron chi connectivity index (χ3n) is 15.8. The maximum absolute atomic E-state index is 2.43. The standard InChI is InChI=1S/C66H78/c1-13-43(7)49-19-31-55(32-20-49)61-62(56-33-21-50(22-34-56)44(8)14-2)64(58-37-25-52(26-38-58)46(10)16-4)66(60-41-29-54(30-42-60)48(12)18-6)65(59-39-27-53(28-40-59)47(11)17-5)63(61)57-35-23-51(24-36-57)45(9)15-3/h19-48H,13-18H2,1-12H3. The topological polar surface area (TPSA) is 0 Å². The molecule has 0 heteroatoms. The lowest BCUT2D eigenvalue weighted by Gasteiger charge is -2.29. The van der Waals surface area contributed by atoms with E-state index >= 15 is 0 Å². The molecule has 0 nitrogen and oxygen atoms in total. The second kappa shape index (κ2) is 21.9. The summed E-state index contributed by atoms with van der Waals surface area (Å²) in [6.07, 6.45) is 6.66. The molecule has 0 spiro atoms. The van der Waals surface area contributed by atoms with Gasteiger partial charge < -0.3 is 0 Å². The van der Waals surface area contributed by atoms with Crippen molar-refractivity contribution in [2.45, 2.75) is 157 Å². The predicted molar refractivity (Wildman–Crippen MR) is 291 cm³/mol. The molecule has 0 amide bonds. The van der Waals surface area contributed by atoms with Gasteiger partial charge in [0.25, 0.3) is 0 Å². The molecular weight excluding hydrogens is 793 g/mol. The smallest absolute Gasteiger partial charge is 0.00139 e. The van der Waals surface area contributed by atoms with E-state index in [1.165, 1.54) is 100 Å². The van der Waals surface area contributed by atoms with Crippen LogP contribution >= 0.6 is 0 Å².